The average molecular weight is 199 g/mol. The van der Waals surface area contributed by atoms with Crippen molar-refractivity contribution in [2.24, 2.45) is 10.8 Å². The fourth-order valence-electron chi connectivity index (χ4n) is 2.13. The number of amides is 1. The molecule has 14 heavy (non-hydrogen) atoms. The Labute approximate surface area is 86.1 Å². The number of carboxylic acid groups (broad SMARTS) is 1. The number of nitrogens with zero attached hydrogens (tertiary/aromatic N) is 1. The minimum atomic E-state index is -0.791. The number of hydrogen-bond donors (Lipinski definition) is 1. The number of carbonyl (C=O) groups is 1. The lowest BCUT2D eigenvalue weighted by Gasteiger charge is -2.53. The molecule has 1 fully saturated rings. The van der Waals surface area contributed by atoms with E-state index in [-0.39, 0.29) is 16.9 Å². The molecule has 1 amide bonds. The van der Waals surface area contributed by atoms with Crippen LogP contribution in [0, 0.1) is 10.8 Å². The number of hydrogen-bond acceptors (Lipinski definition) is 1. The highest BCUT2D eigenvalue weighted by Gasteiger charge is 2.48. The van der Waals surface area contributed by atoms with Crippen molar-refractivity contribution in [3.63, 3.8) is 0 Å². The second-order valence-electron chi connectivity index (χ2n) is 5.51. The summed E-state index contributed by atoms with van der Waals surface area (Å²) in [5, 5.41) is 9.04. The van der Waals surface area contributed by atoms with Crippen molar-refractivity contribution < 1.29 is 9.90 Å². The first-order chi connectivity index (χ1) is 6.20. The van der Waals surface area contributed by atoms with Gasteiger partial charge in [-0.1, -0.05) is 27.7 Å². The minimum Gasteiger partial charge on any atom is -0.465 e. The van der Waals surface area contributed by atoms with E-state index in [2.05, 4.69) is 27.7 Å². The molecule has 1 heterocycles. The molecule has 0 aromatic carbocycles. The van der Waals surface area contributed by atoms with E-state index in [4.69, 9.17) is 5.11 Å². The number of likely N-dealkylation sites (tertiary alicyclic amines) is 1. The Morgan fingerprint density at radius 2 is 1.86 bits per heavy atom. The summed E-state index contributed by atoms with van der Waals surface area (Å²) < 4.78 is 0. The summed E-state index contributed by atoms with van der Waals surface area (Å²) in [6.45, 7) is 11.4. The largest absolute Gasteiger partial charge is 0.465 e. The summed E-state index contributed by atoms with van der Waals surface area (Å²) in [6.07, 6.45) is 0.150. The number of piperidine rings is 1. The maximum Gasteiger partial charge on any atom is 0.407 e. The van der Waals surface area contributed by atoms with Gasteiger partial charge in [-0.15, -0.1) is 0 Å². The predicted octanol–water partition coefficient (Wildman–Crippen LogP) is 2.81. The van der Waals surface area contributed by atoms with E-state index >= 15 is 0 Å². The molecule has 1 aliphatic heterocycles. The summed E-state index contributed by atoms with van der Waals surface area (Å²) in [5.74, 6) is 0. The van der Waals surface area contributed by atoms with Crippen molar-refractivity contribution in [3.8, 4) is 0 Å². The summed E-state index contributed by atoms with van der Waals surface area (Å²) in [7, 11) is 0. The van der Waals surface area contributed by atoms with E-state index in [1.165, 1.54) is 0 Å². The van der Waals surface area contributed by atoms with Crippen LogP contribution < -0.4 is 0 Å². The second kappa shape index (κ2) is 3.14. The van der Waals surface area contributed by atoms with E-state index in [1.54, 1.807) is 4.90 Å². The normalized spacial score (nSPS) is 30.1. The van der Waals surface area contributed by atoms with Gasteiger partial charge in [0.15, 0.2) is 0 Å². The van der Waals surface area contributed by atoms with Gasteiger partial charge in [-0.3, -0.25) is 0 Å². The molecule has 0 saturated carbocycles. The molecule has 3 nitrogen and oxygen atoms in total. The molecular formula is C11H21NO2. The van der Waals surface area contributed by atoms with Crippen LogP contribution in [-0.2, 0) is 0 Å². The van der Waals surface area contributed by atoms with Crippen molar-refractivity contribution in [2.75, 3.05) is 6.54 Å². The maximum atomic E-state index is 11.0. The predicted molar refractivity (Wildman–Crippen MR) is 56.4 cm³/mol. The van der Waals surface area contributed by atoms with Crippen LogP contribution in [0.5, 0.6) is 0 Å². The molecule has 1 rings (SSSR count). The molecular weight excluding hydrogens is 178 g/mol. The quantitative estimate of drug-likeness (QED) is 0.651. The Hall–Kier alpha value is -0.730. The highest BCUT2D eigenvalue weighted by atomic mass is 16.4. The smallest absolute Gasteiger partial charge is 0.407 e. The van der Waals surface area contributed by atoms with Crippen molar-refractivity contribution in [3.05, 3.63) is 0 Å². The van der Waals surface area contributed by atoms with Crippen LogP contribution in [0.2, 0.25) is 0 Å². The first-order valence-corrected chi connectivity index (χ1v) is 5.20. The van der Waals surface area contributed by atoms with Gasteiger partial charge in [-0.2, -0.15) is 0 Å². The van der Waals surface area contributed by atoms with Crippen molar-refractivity contribution in [1.29, 1.82) is 0 Å². The molecule has 82 valence electrons. The molecule has 1 atom stereocenters. The highest BCUT2D eigenvalue weighted by molar-refractivity contribution is 5.65. The summed E-state index contributed by atoms with van der Waals surface area (Å²) in [4.78, 5) is 12.6. The van der Waals surface area contributed by atoms with Crippen LogP contribution in [0.25, 0.3) is 0 Å². The summed E-state index contributed by atoms with van der Waals surface area (Å²) in [5.41, 5.74) is 0.238. The molecule has 0 aromatic rings. The first-order valence-electron chi connectivity index (χ1n) is 5.20. The Kier molecular flexibility index (Phi) is 2.55. The average Bonchev–Trinajstić information content (AvgIpc) is 2.00. The van der Waals surface area contributed by atoms with Gasteiger partial charge in [-0.25, -0.2) is 4.79 Å². The zero-order valence-corrected chi connectivity index (χ0v) is 9.79. The zero-order chi connectivity index (χ0) is 11.1. The molecule has 0 radical (unpaired) electrons. The van der Waals surface area contributed by atoms with Crippen LogP contribution >= 0.6 is 0 Å². The molecule has 0 aliphatic carbocycles. The zero-order valence-electron chi connectivity index (χ0n) is 9.79. The van der Waals surface area contributed by atoms with Gasteiger partial charge in [0.05, 0.1) is 0 Å². The van der Waals surface area contributed by atoms with Gasteiger partial charge >= 0.3 is 6.09 Å². The number of rotatable bonds is 0. The lowest BCUT2D eigenvalue weighted by molar-refractivity contribution is -0.0421. The first kappa shape index (κ1) is 11.3. The fraction of sp³-hybridized carbons (Fsp3) is 0.909. The van der Waals surface area contributed by atoms with Gasteiger partial charge < -0.3 is 10.0 Å². The lowest BCUT2D eigenvalue weighted by Crippen LogP contribution is -2.57. The van der Waals surface area contributed by atoms with E-state index in [1.807, 2.05) is 6.92 Å². The van der Waals surface area contributed by atoms with Crippen LogP contribution in [0.3, 0.4) is 0 Å². The molecule has 3 heteroatoms. The molecule has 0 aromatic heterocycles. The van der Waals surface area contributed by atoms with Crippen LogP contribution in [0.15, 0.2) is 0 Å². The molecule has 0 bridgehead atoms. The lowest BCUT2D eigenvalue weighted by atomic mass is 9.60. The maximum absolute atomic E-state index is 11.0. The summed E-state index contributed by atoms with van der Waals surface area (Å²) in [6, 6.07) is 0.0868. The standard InChI is InChI=1S/C11H21NO2/c1-8-11(4,5)10(2,3)6-7-12(8)9(13)14/h8H,6-7H2,1-5H3,(H,13,14). The van der Waals surface area contributed by atoms with Gasteiger partial charge in [0.2, 0.25) is 0 Å². The SMILES string of the molecule is CC1N(C(=O)O)CCC(C)(C)C1(C)C. The van der Waals surface area contributed by atoms with Gasteiger partial charge in [0.25, 0.3) is 0 Å². The molecule has 1 aliphatic rings. The van der Waals surface area contributed by atoms with Crippen LogP contribution in [0.4, 0.5) is 4.79 Å². The Morgan fingerprint density at radius 1 is 1.36 bits per heavy atom. The second-order valence-corrected chi connectivity index (χ2v) is 5.51. The van der Waals surface area contributed by atoms with Crippen molar-refractivity contribution >= 4 is 6.09 Å². The Balaban J connectivity index is 2.95. The van der Waals surface area contributed by atoms with E-state index in [0.717, 1.165) is 6.42 Å². The van der Waals surface area contributed by atoms with Crippen molar-refractivity contribution in [1.82, 2.24) is 4.90 Å². The third-order valence-corrected chi connectivity index (χ3v) is 4.48. The minimum absolute atomic E-state index is 0.0314. The fourth-order valence-corrected chi connectivity index (χ4v) is 2.13. The van der Waals surface area contributed by atoms with Crippen molar-refractivity contribution in [2.45, 2.75) is 47.1 Å². The summed E-state index contributed by atoms with van der Waals surface area (Å²) >= 11 is 0. The topological polar surface area (TPSA) is 40.5 Å². The van der Waals surface area contributed by atoms with E-state index in [9.17, 15) is 4.79 Å². The van der Waals surface area contributed by atoms with Crippen LogP contribution in [0.1, 0.15) is 41.0 Å². The Bertz CT molecular complexity index is 246. The van der Waals surface area contributed by atoms with Crippen LogP contribution in [-0.4, -0.2) is 28.7 Å². The monoisotopic (exact) mass is 199 g/mol. The van der Waals surface area contributed by atoms with Gasteiger partial charge in [0.1, 0.15) is 0 Å². The highest BCUT2D eigenvalue weighted by Crippen LogP contribution is 2.48. The Morgan fingerprint density at radius 3 is 2.29 bits per heavy atom. The van der Waals surface area contributed by atoms with Gasteiger partial charge in [0, 0.05) is 12.6 Å². The van der Waals surface area contributed by atoms with E-state index in [0.29, 0.717) is 6.54 Å². The molecule has 1 N–H and O–H groups in total. The van der Waals surface area contributed by atoms with E-state index < -0.39 is 6.09 Å². The molecule has 1 saturated heterocycles. The van der Waals surface area contributed by atoms with Gasteiger partial charge in [-0.05, 0) is 24.2 Å². The third kappa shape index (κ3) is 1.49. The third-order valence-electron chi connectivity index (χ3n) is 4.48. The molecule has 1 unspecified atom stereocenters. The molecule has 0 spiro atoms.